The maximum atomic E-state index is 5.62. The standard InChI is InChI=1S/C16H20N4S/c1-3-4-5-12-6-8-13(9-7-12)19-16-18-11(2)10-14(20-16)15(17)21/h6-10H,3-5H2,1-2H3,(H2,17,21)(H,18,19,20). The molecule has 0 aliphatic heterocycles. The molecule has 5 heteroatoms. The van der Waals surface area contributed by atoms with Gasteiger partial charge in [0.2, 0.25) is 5.95 Å². The summed E-state index contributed by atoms with van der Waals surface area (Å²) in [6.45, 7) is 4.09. The van der Waals surface area contributed by atoms with Gasteiger partial charge in [-0.15, -0.1) is 0 Å². The maximum absolute atomic E-state index is 5.62. The normalized spacial score (nSPS) is 10.4. The third-order valence-electron chi connectivity index (χ3n) is 3.14. The number of rotatable bonds is 6. The van der Waals surface area contributed by atoms with E-state index in [1.54, 1.807) is 6.07 Å². The van der Waals surface area contributed by atoms with Crippen molar-refractivity contribution in [2.45, 2.75) is 33.1 Å². The van der Waals surface area contributed by atoms with Gasteiger partial charge in [0, 0.05) is 11.4 Å². The molecule has 1 aromatic heterocycles. The van der Waals surface area contributed by atoms with Gasteiger partial charge in [-0.3, -0.25) is 0 Å². The van der Waals surface area contributed by atoms with Gasteiger partial charge in [-0.05, 0) is 43.5 Å². The van der Waals surface area contributed by atoms with Crippen molar-refractivity contribution in [3.8, 4) is 0 Å². The lowest BCUT2D eigenvalue weighted by atomic mass is 10.1. The van der Waals surface area contributed by atoms with E-state index >= 15 is 0 Å². The Hall–Kier alpha value is -2.01. The van der Waals surface area contributed by atoms with Crippen LogP contribution in [0.5, 0.6) is 0 Å². The average Bonchev–Trinajstić information content (AvgIpc) is 2.46. The highest BCUT2D eigenvalue weighted by atomic mass is 32.1. The molecule has 0 saturated heterocycles. The van der Waals surface area contributed by atoms with Gasteiger partial charge in [0.1, 0.15) is 10.7 Å². The fourth-order valence-electron chi connectivity index (χ4n) is 2.02. The van der Waals surface area contributed by atoms with Gasteiger partial charge in [-0.1, -0.05) is 37.7 Å². The number of hydrogen-bond donors (Lipinski definition) is 2. The van der Waals surface area contributed by atoms with Crippen LogP contribution in [0.4, 0.5) is 11.6 Å². The first-order valence-electron chi connectivity index (χ1n) is 7.10. The van der Waals surface area contributed by atoms with Crippen LogP contribution in [0, 0.1) is 6.92 Å². The van der Waals surface area contributed by atoms with Crippen LogP contribution in [0.25, 0.3) is 0 Å². The van der Waals surface area contributed by atoms with Crippen LogP contribution in [0.2, 0.25) is 0 Å². The molecule has 21 heavy (non-hydrogen) atoms. The van der Waals surface area contributed by atoms with Crippen molar-refractivity contribution < 1.29 is 0 Å². The SMILES string of the molecule is CCCCc1ccc(Nc2nc(C)cc(C(N)=S)n2)cc1. The summed E-state index contributed by atoms with van der Waals surface area (Å²) < 4.78 is 0. The zero-order valence-electron chi connectivity index (χ0n) is 12.4. The largest absolute Gasteiger partial charge is 0.388 e. The second-order valence-corrected chi connectivity index (χ2v) is 5.45. The Morgan fingerprint density at radius 3 is 2.57 bits per heavy atom. The highest BCUT2D eigenvalue weighted by Gasteiger charge is 2.05. The molecule has 4 nitrogen and oxygen atoms in total. The Morgan fingerprint density at radius 1 is 1.24 bits per heavy atom. The van der Waals surface area contributed by atoms with E-state index in [-0.39, 0.29) is 4.99 Å². The fraction of sp³-hybridized carbons (Fsp3) is 0.312. The Morgan fingerprint density at radius 2 is 1.95 bits per heavy atom. The molecule has 0 fully saturated rings. The molecule has 0 saturated carbocycles. The van der Waals surface area contributed by atoms with Gasteiger partial charge in [0.05, 0.1) is 0 Å². The van der Waals surface area contributed by atoms with Crippen LogP contribution < -0.4 is 11.1 Å². The zero-order chi connectivity index (χ0) is 15.2. The monoisotopic (exact) mass is 300 g/mol. The van der Waals surface area contributed by atoms with Crippen molar-refractivity contribution in [3.63, 3.8) is 0 Å². The zero-order valence-corrected chi connectivity index (χ0v) is 13.2. The number of aromatic nitrogens is 2. The van der Waals surface area contributed by atoms with Crippen LogP contribution in [-0.2, 0) is 6.42 Å². The third-order valence-corrected chi connectivity index (χ3v) is 3.34. The van der Waals surface area contributed by atoms with Crippen molar-refractivity contribution >= 4 is 28.8 Å². The van der Waals surface area contributed by atoms with E-state index in [9.17, 15) is 0 Å². The topological polar surface area (TPSA) is 63.8 Å². The minimum atomic E-state index is 0.276. The average molecular weight is 300 g/mol. The molecule has 0 atom stereocenters. The molecule has 0 radical (unpaired) electrons. The first-order chi connectivity index (χ1) is 10.1. The number of unbranched alkanes of at least 4 members (excludes halogenated alkanes) is 1. The summed E-state index contributed by atoms with van der Waals surface area (Å²) in [5, 5.41) is 3.19. The lowest BCUT2D eigenvalue weighted by Crippen LogP contribution is -2.13. The Bertz CT molecular complexity index is 623. The molecule has 1 heterocycles. The number of hydrogen-bond acceptors (Lipinski definition) is 4. The van der Waals surface area contributed by atoms with Gasteiger partial charge in [0.25, 0.3) is 0 Å². The van der Waals surface area contributed by atoms with Crippen LogP contribution in [0.15, 0.2) is 30.3 Å². The molecule has 0 bridgehead atoms. The van der Waals surface area contributed by atoms with E-state index < -0.39 is 0 Å². The van der Waals surface area contributed by atoms with E-state index in [0.29, 0.717) is 11.6 Å². The second kappa shape index (κ2) is 7.13. The lowest BCUT2D eigenvalue weighted by molar-refractivity contribution is 0.795. The van der Waals surface area contributed by atoms with Gasteiger partial charge in [-0.2, -0.15) is 0 Å². The van der Waals surface area contributed by atoms with Crippen molar-refractivity contribution in [1.29, 1.82) is 0 Å². The molecular weight excluding hydrogens is 280 g/mol. The summed E-state index contributed by atoms with van der Waals surface area (Å²) >= 11 is 4.96. The molecule has 3 N–H and O–H groups in total. The highest BCUT2D eigenvalue weighted by molar-refractivity contribution is 7.80. The molecule has 2 aromatic rings. The molecule has 0 amide bonds. The quantitative estimate of drug-likeness (QED) is 0.799. The molecule has 110 valence electrons. The van der Waals surface area contributed by atoms with Crippen molar-refractivity contribution in [2.75, 3.05) is 5.32 Å². The van der Waals surface area contributed by atoms with E-state index in [0.717, 1.165) is 17.8 Å². The van der Waals surface area contributed by atoms with Crippen molar-refractivity contribution in [3.05, 3.63) is 47.3 Å². The maximum Gasteiger partial charge on any atom is 0.228 e. The minimum Gasteiger partial charge on any atom is -0.388 e. The van der Waals surface area contributed by atoms with Crippen LogP contribution >= 0.6 is 12.2 Å². The first-order valence-corrected chi connectivity index (χ1v) is 7.50. The predicted molar refractivity (Wildman–Crippen MR) is 91.0 cm³/mol. The number of nitrogens with zero attached hydrogens (tertiary/aromatic N) is 2. The van der Waals surface area contributed by atoms with Crippen LogP contribution in [-0.4, -0.2) is 15.0 Å². The Labute approximate surface area is 130 Å². The molecule has 2 rings (SSSR count). The number of thiocarbonyl (C=S) groups is 1. The molecule has 0 aliphatic rings. The third kappa shape index (κ3) is 4.49. The van der Waals surface area contributed by atoms with Gasteiger partial charge in [-0.25, -0.2) is 9.97 Å². The predicted octanol–water partition coefficient (Wildman–Crippen LogP) is 3.51. The van der Waals surface area contributed by atoms with Crippen molar-refractivity contribution in [1.82, 2.24) is 9.97 Å². The molecule has 0 aliphatic carbocycles. The summed E-state index contributed by atoms with van der Waals surface area (Å²) in [6, 6.07) is 10.1. The van der Waals surface area contributed by atoms with Gasteiger partial charge in [0.15, 0.2) is 0 Å². The molecular formula is C16H20N4S. The smallest absolute Gasteiger partial charge is 0.228 e. The summed E-state index contributed by atoms with van der Waals surface area (Å²) in [5.74, 6) is 0.513. The number of nitrogens with one attached hydrogen (secondary N) is 1. The summed E-state index contributed by atoms with van der Waals surface area (Å²) in [4.78, 5) is 8.93. The number of aryl methyl sites for hydroxylation is 2. The summed E-state index contributed by atoms with van der Waals surface area (Å²) in [5.41, 5.74) is 9.33. The van der Waals surface area contributed by atoms with Crippen LogP contribution in [0.1, 0.15) is 36.7 Å². The molecule has 0 unspecified atom stereocenters. The van der Waals surface area contributed by atoms with Crippen LogP contribution in [0.3, 0.4) is 0 Å². The molecule has 1 aromatic carbocycles. The number of benzene rings is 1. The van der Waals surface area contributed by atoms with Gasteiger partial charge >= 0.3 is 0 Å². The summed E-state index contributed by atoms with van der Waals surface area (Å²) in [7, 11) is 0. The first kappa shape index (κ1) is 15.4. The number of anilines is 2. The minimum absolute atomic E-state index is 0.276. The van der Waals surface area contributed by atoms with Gasteiger partial charge < -0.3 is 11.1 Å². The fourth-order valence-corrected chi connectivity index (χ4v) is 2.12. The Kier molecular flexibility index (Phi) is 5.22. The van der Waals surface area contributed by atoms with Crippen molar-refractivity contribution in [2.24, 2.45) is 5.73 Å². The summed E-state index contributed by atoms with van der Waals surface area (Å²) in [6.07, 6.45) is 3.54. The second-order valence-electron chi connectivity index (χ2n) is 5.01. The van der Waals surface area contributed by atoms with E-state index in [1.807, 2.05) is 19.1 Å². The van der Waals surface area contributed by atoms with E-state index in [2.05, 4.69) is 34.3 Å². The van der Waals surface area contributed by atoms with E-state index in [4.69, 9.17) is 18.0 Å². The lowest BCUT2D eigenvalue weighted by Gasteiger charge is -2.08. The Balaban J connectivity index is 2.12. The number of nitrogens with two attached hydrogens (primary N) is 1. The molecule has 0 spiro atoms. The van der Waals surface area contributed by atoms with E-state index in [1.165, 1.54) is 18.4 Å². The highest BCUT2D eigenvalue weighted by Crippen LogP contribution is 2.16.